The Kier molecular flexibility index (Phi) is 5.13. The van der Waals surface area contributed by atoms with E-state index in [9.17, 15) is 0 Å². The second-order valence-corrected chi connectivity index (χ2v) is 5.78. The summed E-state index contributed by atoms with van der Waals surface area (Å²) in [4.78, 5) is 4.37. The molecular weight excluding hydrogens is 276 g/mol. The van der Waals surface area contributed by atoms with Crippen LogP contribution in [0.2, 0.25) is 0 Å². The maximum Gasteiger partial charge on any atom is 0.226 e. The van der Waals surface area contributed by atoms with Crippen molar-refractivity contribution in [2.45, 2.75) is 51.2 Å². The molecule has 110 valence electrons. The van der Waals surface area contributed by atoms with Gasteiger partial charge in [0.2, 0.25) is 5.89 Å². The molecule has 2 aromatic rings. The van der Waals surface area contributed by atoms with Crippen LogP contribution in [0.15, 0.2) is 9.68 Å². The van der Waals surface area contributed by atoms with Gasteiger partial charge in [0.25, 0.3) is 0 Å². The van der Waals surface area contributed by atoms with E-state index in [1.807, 2.05) is 11.5 Å². The highest BCUT2D eigenvalue weighted by Crippen LogP contribution is 2.21. The first kappa shape index (κ1) is 15.0. The molecule has 0 fully saturated rings. The average Bonchev–Trinajstić information content (AvgIpc) is 3.01. The largest absolute Gasteiger partial charge is 0.339 e. The first-order chi connectivity index (χ1) is 9.63. The van der Waals surface area contributed by atoms with E-state index >= 15 is 0 Å². The monoisotopic (exact) mass is 296 g/mol. The number of hydrogen-bond donors (Lipinski definition) is 1. The summed E-state index contributed by atoms with van der Waals surface area (Å²) in [5.74, 6) is 3.29. The molecule has 7 nitrogen and oxygen atoms in total. The molecule has 0 atom stereocenters. The molecule has 8 heteroatoms. The fourth-order valence-corrected chi connectivity index (χ4v) is 2.67. The molecule has 0 saturated heterocycles. The molecule has 0 aliphatic heterocycles. The fourth-order valence-electron chi connectivity index (χ4n) is 1.80. The van der Waals surface area contributed by atoms with Gasteiger partial charge in [-0.05, 0) is 12.8 Å². The lowest BCUT2D eigenvalue weighted by molar-refractivity contribution is 0.360. The summed E-state index contributed by atoms with van der Waals surface area (Å²) in [6, 6.07) is 0. The number of nitrogens with two attached hydrogens (primary N) is 1. The molecule has 2 aromatic heterocycles. The molecule has 0 amide bonds. The first-order valence-electron chi connectivity index (χ1n) is 6.70. The summed E-state index contributed by atoms with van der Waals surface area (Å²) in [5.41, 5.74) is 5.62. The molecule has 20 heavy (non-hydrogen) atoms. The maximum atomic E-state index is 5.62. The van der Waals surface area contributed by atoms with Crippen LogP contribution in [0.25, 0.3) is 0 Å². The average molecular weight is 296 g/mol. The Morgan fingerprint density at radius 3 is 2.80 bits per heavy atom. The van der Waals surface area contributed by atoms with E-state index in [2.05, 4.69) is 34.2 Å². The molecule has 2 rings (SSSR count). The number of aromatic nitrogens is 5. The lowest BCUT2D eigenvalue weighted by Gasteiger charge is -2.04. The van der Waals surface area contributed by atoms with Crippen molar-refractivity contribution in [2.24, 2.45) is 11.7 Å². The van der Waals surface area contributed by atoms with E-state index in [1.54, 1.807) is 11.8 Å². The normalized spacial score (nSPS) is 11.4. The van der Waals surface area contributed by atoms with Gasteiger partial charge in [-0.2, -0.15) is 4.98 Å². The van der Waals surface area contributed by atoms with Crippen molar-refractivity contribution in [1.29, 1.82) is 0 Å². The van der Waals surface area contributed by atoms with E-state index in [4.69, 9.17) is 10.3 Å². The standard InChI is InChI=1S/C12H20N6OS/c1-4-18-10(6-13)15-16-12(18)20-7-9-14-11(19-17-9)5-8(2)3/h8H,4-7,13H2,1-3H3. The number of thioether (sulfide) groups is 1. The van der Waals surface area contributed by atoms with E-state index in [0.717, 1.165) is 23.9 Å². The SMILES string of the molecule is CCn1c(CN)nnc1SCc1noc(CC(C)C)n1. The van der Waals surface area contributed by atoms with Crippen molar-refractivity contribution in [3.8, 4) is 0 Å². The zero-order valence-electron chi connectivity index (χ0n) is 12.0. The zero-order chi connectivity index (χ0) is 14.5. The minimum atomic E-state index is 0.391. The molecule has 0 aromatic carbocycles. The van der Waals surface area contributed by atoms with Crippen molar-refractivity contribution >= 4 is 11.8 Å². The quantitative estimate of drug-likeness (QED) is 0.776. The Morgan fingerprint density at radius 1 is 1.35 bits per heavy atom. The number of rotatable bonds is 7. The molecule has 0 radical (unpaired) electrons. The minimum Gasteiger partial charge on any atom is -0.339 e. The highest BCUT2D eigenvalue weighted by molar-refractivity contribution is 7.98. The van der Waals surface area contributed by atoms with Gasteiger partial charge >= 0.3 is 0 Å². The van der Waals surface area contributed by atoms with Gasteiger partial charge in [-0.3, -0.25) is 0 Å². The third kappa shape index (κ3) is 3.57. The summed E-state index contributed by atoms with van der Waals surface area (Å²) in [5, 5.41) is 13.0. The van der Waals surface area contributed by atoms with Crippen LogP contribution in [0.1, 0.15) is 38.3 Å². The van der Waals surface area contributed by atoms with Crippen molar-refractivity contribution in [3.63, 3.8) is 0 Å². The Balaban J connectivity index is 1.98. The molecule has 0 unspecified atom stereocenters. The molecule has 2 N–H and O–H groups in total. The van der Waals surface area contributed by atoms with Crippen LogP contribution < -0.4 is 5.73 Å². The molecule has 0 spiro atoms. The van der Waals surface area contributed by atoms with Gasteiger partial charge in [-0.1, -0.05) is 30.8 Å². The predicted molar refractivity (Wildman–Crippen MR) is 76.0 cm³/mol. The maximum absolute atomic E-state index is 5.62. The van der Waals surface area contributed by atoms with Crippen molar-refractivity contribution < 1.29 is 4.52 Å². The Labute approximate surface area is 122 Å². The van der Waals surface area contributed by atoms with E-state index in [-0.39, 0.29) is 0 Å². The van der Waals surface area contributed by atoms with Crippen molar-refractivity contribution in [3.05, 3.63) is 17.5 Å². The number of hydrogen-bond acceptors (Lipinski definition) is 7. The van der Waals surface area contributed by atoms with Crippen LogP contribution in [0.3, 0.4) is 0 Å². The van der Waals surface area contributed by atoms with Gasteiger partial charge in [-0.15, -0.1) is 10.2 Å². The van der Waals surface area contributed by atoms with Gasteiger partial charge in [0.1, 0.15) is 5.82 Å². The van der Waals surface area contributed by atoms with Crippen LogP contribution >= 0.6 is 11.8 Å². The summed E-state index contributed by atoms with van der Waals surface area (Å²) >= 11 is 1.54. The molecule has 0 aliphatic rings. The fraction of sp³-hybridized carbons (Fsp3) is 0.667. The van der Waals surface area contributed by atoms with E-state index < -0.39 is 0 Å². The number of nitrogens with zero attached hydrogens (tertiary/aromatic N) is 5. The Morgan fingerprint density at radius 2 is 2.15 bits per heavy atom. The third-order valence-corrected chi connectivity index (χ3v) is 3.68. The van der Waals surface area contributed by atoms with Gasteiger partial charge in [0.05, 0.1) is 12.3 Å². The van der Waals surface area contributed by atoms with Crippen LogP contribution in [-0.2, 0) is 25.3 Å². The highest BCUT2D eigenvalue weighted by atomic mass is 32.2. The zero-order valence-corrected chi connectivity index (χ0v) is 12.9. The summed E-state index contributed by atoms with van der Waals surface area (Å²) in [7, 11) is 0. The molecule has 2 heterocycles. The molecular formula is C12H20N6OS. The van der Waals surface area contributed by atoms with Crippen LogP contribution in [0.4, 0.5) is 0 Å². The lowest BCUT2D eigenvalue weighted by Crippen LogP contribution is -2.08. The second-order valence-electron chi connectivity index (χ2n) is 4.84. The van der Waals surface area contributed by atoms with Crippen LogP contribution in [0, 0.1) is 5.92 Å². The summed E-state index contributed by atoms with van der Waals surface area (Å²) in [6.45, 7) is 7.48. The van der Waals surface area contributed by atoms with Gasteiger partial charge < -0.3 is 14.8 Å². The highest BCUT2D eigenvalue weighted by Gasteiger charge is 2.13. The Bertz CT molecular complexity index is 550. The topological polar surface area (TPSA) is 95.7 Å². The van der Waals surface area contributed by atoms with Crippen molar-refractivity contribution in [2.75, 3.05) is 0 Å². The Hall–Kier alpha value is -1.41. The summed E-state index contributed by atoms with van der Waals surface area (Å²) < 4.78 is 7.21. The summed E-state index contributed by atoms with van der Waals surface area (Å²) in [6.07, 6.45) is 0.806. The van der Waals surface area contributed by atoms with Gasteiger partial charge in [-0.25, -0.2) is 0 Å². The molecule has 0 saturated carbocycles. The van der Waals surface area contributed by atoms with Gasteiger partial charge in [0, 0.05) is 13.0 Å². The minimum absolute atomic E-state index is 0.391. The smallest absolute Gasteiger partial charge is 0.226 e. The third-order valence-electron chi connectivity index (χ3n) is 2.72. The van der Waals surface area contributed by atoms with E-state index in [0.29, 0.717) is 29.9 Å². The van der Waals surface area contributed by atoms with Crippen molar-refractivity contribution in [1.82, 2.24) is 24.9 Å². The predicted octanol–water partition coefficient (Wildman–Crippen LogP) is 1.63. The second kappa shape index (κ2) is 6.85. The van der Waals surface area contributed by atoms with E-state index in [1.165, 1.54) is 0 Å². The van der Waals surface area contributed by atoms with Crippen LogP contribution in [-0.4, -0.2) is 24.9 Å². The first-order valence-corrected chi connectivity index (χ1v) is 7.69. The molecule has 0 bridgehead atoms. The lowest BCUT2D eigenvalue weighted by atomic mass is 10.1. The van der Waals surface area contributed by atoms with Gasteiger partial charge in [0.15, 0.2) is 11.0 Å². The van der Waals surface area contributed by atoms with Crippen LogP contribution in [0.5, 0.6) is 0 Å². The molecule has 0 aliphatic carbocycles.